The summed E-state index contributed by atoms with van der Waals surface area (Å²) in [6.07, 6.45) is 4.02. The van der Waals surface area contributed by atoms with E-state index < -0.39 is 40.6 Å². The molecule has 0 bridgehead atoms. The van der Waals surface area contributed by atoms with Gasteiger partial charge in [0.25, 0.3) is 5.91 Å². The third-order valence-corrected chi connectivity index (χ3v) is 7.84. The van der Waals surface area contributed by atoms with Crippen molar-refractivity contribution in [2.75, 3.05) is 18.4 Å². The van der Waals surface area contributed by atoms with Gasteiger partial charge in [-0.3, -0.25) is 14.4 Å². The molecule has 2 aromatic rings. The lowest BCUT2D eigenvalue weighted by Gasteiger charge is -2.19. The summed E-state index contributed by atoms with van der Waals surface area (Å²) in [6.45, 7) is 5.53. The van der Waals surface area contributed by atoms with E-state index in [2.05, 4.69) is 25.8 Å². The van der Waals surface area contributed by atoms with Crippen LogP contribution in [0.25, 0.3) is 0 Å². The molecular formula is C25H35N5O6S. The number of pyridine rings is 1. The van der Waals surface area contributed by atoms with Crippen molar-refractivity contribution >= 4 is 27.7 Å². The number of anilines is 1. The van der Waals surface area contributed by atoms with E-state index in [4.69, 9.17) is 4.84 Å². The predicted octanol–water partition coefficient (Wildman–Crippen LogP) is 1.80. The number of carbonyl (C=O) groups excluding carboxylic acids is 1. The average molecular weight is 534 g/mol. The van der Waals surface area contributed by atoms with Crippen LogP contribution < -0.4 is 20.8 Å². The summed E-state index contributed by atoms with van der Waals surface area (Å²) < 4.78 is 28.1. The highest BCUT2D eigenvalue weighted by Gasteiger charge is 2.33. The second-order valence-corrected chi connectivity index (χ2v) is 10.9. The van der Waals surface area contributed by atoms with Crippen molar-refractivity contribution in [3.63, 3.8) is 0 Å². The Kier molecular flexibility index (Phi) is 9.98. The number of nitrogens with one attached hydrogen (secondary N) is 4. The lowest BCUT2D eigenvalue weighted by molar-refractivity contribution is -0.139. The van der Waals surface area contributed by atoms with Crippen molar-refractivity contribution in [2.45, 2.75) is 69.5 Å². The summed E-state index contributed by atoms with van der Waals surface area (Å²) in [7, 11) is -4.13. The summed E-state index contributed by atoms with van der Waals surface area (Å²) in [5, 5.41) is 15.3. The van der Waals surface area contributed by atoms with Gasteiger partial charge in [0, 0.05) is 31.7 Å². The molecule has 0 radical (unpaired) electrons. The predicted molar refractivity (Wildman–Crippen MR) is 138 cm³/mol. The van der Waals surface area contributed by atoms with Crippen LogP contribution in [0.4, 0.5) is 5.82 Å². The van der Waals surface area contributed by atoms with Crippen LogP contribution in [0.1, 0.15) is 42.4 Å². The first-order chi connectivity index (χ1) is 17.6. The van der Waals surface area contributed by atoms with E-state index in [1.165, 1.54) is 0 Å². The molecule has 0 aliphatic carbocycles. The maximum atomic E-state index is 12.9. The molecule has 3 unspecified atom stereocenters. The Morgan fingerprint density at radius 3 is 2.57 bits per heavy atom. The normalized spacial score (nSPS) is 18.4. The van der Waals surface area contributed by atoms with Crippen molar-refractivity contribution in [3.05, 3.63) is 53.2 Å². The van der Waals surface area contributed by atoms with Gasteiger partial charge in [-0.15, -0.1) is 0 Å². The van der Waals surface area contributed by atoms with Crippen LogP contribution in [-0.4, -0.2) is 61.7 Å². The van der Waals surface area contributed by atoms with Gasteiger partial charge in [-0.2, -0.15) is 10.2 Å². The van der Waals surface area contributed by atoms with Crippen molar-refractivity contribution in [2.24, 2.45) is 0 Å². The summed E-state index contributed by atoms with van der Waals surface area (Å²) in [5.41, 5.74) is 4.80. The SMILES string of the molecule is Cc1cc(C)c(S(=O)(=O)NC(CNC(=O)C2CC(CCCCNc3ccccn3)NO2)C(=O)O)c(C)c1. The molecule has 1 aliphatic heterocycles. The number of aryl methyl sites for hydroxylation is 3. The molecular weight excluding hydrogens is 498 g/mol. The number of nitrogens with zero attached hydrogens (tertiary/aromatic N) is 1. The average Bonchev–Trinajstić information content (AvgIpc) is 3.30. The molecule has 0 spiro atoms. The van der Waals surface area contributed by atoms with Crippen LogP contribution >= 0.6 is 0 Å². The monoisotopic (exact) mass is 533 g/mol. The third-order valence-electron chi connectivity index (χ3n) is 6.07. The Bertz CT molecular complexity index is 1170. The van der Waals surface area contributed by atoms with E-state index in [0.29, 0.717) is 17.5 Å². The highest BCUT2D eigenvalue weighted by atomic mass is 32.2. The highest BCUT2D eigenvalue weighted by Crippen LogP contribution is 2.22. The van der Waals surface area contributed by atoms with E-state index in [-0.39, 0.29) is 10.9 Å². The number of hydroxylamine groups is 1. The van der Waals surface area contributed by atoms with Crippen LogP contribution in [0.3, 0.4) is 0 Å². The summed E-state index contributed by atoms with van der Waals surface area (Å²) in [4.78, 5) is 34.0. The Morgan fingerprint density at radius 2 is 1.92 bits per heavy atom. The molecule has 11 nitrogen and oxygen atoms in total. The zero-order valence-corrected chi connectivity index (χ0v) is 22.1. The van der Waals surface area contributed by atoms with Crippen molar-refractivity contribution < 1.29 is 28.0 Å². The van der Waals surface area contributed by atoms with Crippen molar-refractivity contribution in [3.8, 4) is 0 Å². The molecule has 2 heterocycles. The zero-order valence-electron chi connectivity index (χ0n) is 21.3. The molecule has 3 rings (SSSR count). The topological polar surface area (TPSA) is 159 Å². The van der Waals surface area contributed by atoms with Gasteiger partial charge in [0.15, 0.2) is 6.10 Å². The van der Waals surface area contributed by atoms with Gasteiger partial charge in [-0.1, -0.05) is 30.2 Å². The maximum Gasteiger partial charge on any atom is 0.323 e. The van der Waals surface area contributed by atoms with Crippen LogP contribution in [0, 0.1) is 20.8 Å². The smallest absolute Gasteiger partial charge is 0.323 e. The first-order valence-corrected chi connectivity index (χ1v) is 13.7. The molecule has 1 saturated heterocycles. The lowest BCUT2D eigenvalue weighted by atomic mass is 10.0. The number of benzene rings is 1. The van der Waals surface area contributed by atoms with Gasteiger partial charge in [-0.05, 0) is 56.9 Å². The first-order valence-electron chi connectivity index (χ1n) is 12.2. The quantitative estimate of drug-likeness (QED) is 0.242. The Hall–Kier alpha value is -3.06. The number of amides is 1. The molecule has 1 amide bonds. The number of carboxylic acids is 1. The van der Waals surface area contributed by atoms with Crippen LogP contribution in [0.2, 0.25) is 0 Å². The van der Waals surface area contributed by atoms with E-state index in [0.717, 1.165) is 37.2 Å². The van der Waals surface area contributed by atoms with E-state index >= 15 is 0 Å². The number of aromatic nitrogens is 1. The van der Waals surface area contributed by atoms with Crippen LogP contribution in [0.5, 0.6) is 0 Å². The minimum absolute atomic E-state index is 0.00754. The zero-order chi connectivity index (χ0) is 27.0. The van der Waals surface area contributed by atoms with Crippen molar-refractivity contribution in [1.29, 1.82) is 0 Å². The molecule has 5 N–H and O–H groups in total. The van der Waals surface area contributed by atoms with Gasteiger partial charge >= 0.3 is 5.97 Å². The summed E-state index contributed by atoms with van der Waals surface area (Å²) >= 11 is 0. The molecule has 1 aromatic heterocycles. The molecule has 1 aliphatic rings. The third kappa shape index (κ3) is 8.22. The molecule has 3 atom stereocenters. The Morgan fingerprint density at radius 1 is 1.19 bits per heavy atom. The van der Waals surface area contributed by atoms with Gasteiger partial charge in [0.1, 0.15) is 11.9 Å². The Labute approximate surface area is 217 Å². The number of sulfonamides is 1. The standard InChI is InChI=1S/C25H35N5O6S/c1-16-12-17(2)23(18(3)13-16)37(34,35)30-20(25(32)33)15-28-24(31)21-14-19(29-36-21)8-4-6-10-26-22-9-5-7-11-27-22/h5,7,9,11-13,19-21,29-30H,4,6,8,10,14-15H2,1-3H3,(H,26,27)(H,28,31)(H,32,33). The first kappa shape index (κ1) is 28.5. The van der Waals surface area contributed by atoms with E-state index in [1.807, 2.05) is 25.1 Å². The van der Waals surface area contributed by atoms with Gasteiger partial charge < -0.3 is 15.7 Å². The molecule has 202 valence electrons. The van der Waals surface area contributed by atoms with Crippen molar-refractivity contribution in [1.82, 2.24) is 20.5 Å². The molecule has 1 aromatic carbocycles. The van der Waals surface area contributed by atoms with E-state index in [9.17, 15) is 23.1 Å². The number of hydrogen-bond acceptors (Lipinski definition) is 8. The van der Waals surface area contributed by atoms with Crippen LogP contribution in [0.15, 0.2) is 41.4 Å². The maximum absolute atomic E-state index is 12.9. The number of carbonyl (C=O) groups is 2. The van der Waals surface area contributed by atoms with Gasteiger partial charge in [-0.25, -0.2) is 13.4 Å². The number of rotatable bonds is 13. The lowest BCUT2D eigenvalue weighted by Crippen LogP contribution is -2.50. The molecule has 12 heteroatoms. The molecule has 0 saturated carbocycles. The molecule has 1 fully saturated rings. The second-order valence-electron chi connectivity index (χ2n) is 9.28. The number of aliphatic carboxylic acids is 1. The minimum Gasteiger partial charge on any atom is -0.480 e. The number of hydrogen-bond donors (Lipinski definition) is 5. The number of carboxylic acid groups (broad SMARTS) is 1. The fraction of sp³-hybridized carbons (Fsp3) is 0.480. The highest BCUT2D eigenvalue weighted by molar-refractivity contribution is 7.89. The summed E-state index contributed by atoms with van der Waals surface area (Å²) in [6, 6.07) is 7.57. The second kappa shape index (κ2) is 13.0. The summed E-state index contributed by atoms with van der Waals surface area (Å²) in [5.74, 6) is -1.07. The van der Waals surface area contributed by atoms with Gasteiger partial charge in [0.05, 0.1) is 4.90 Å². The fourth-order valence-electron chi connectivity index (χ4n) is 4.40. The minimum atomic E-state index is -4.13. The Balaban J connectivity index is 1.44. The number of unbranched alkanes of at least 4 members (excludes halogenated alkanes) is 1. The fourth-order valence-corrected chi connectivity index (χ4v) is 6.04. The molecule has 37 heavy (non-hydrogen) atoms. The van der Waals surface area contributed by atoms with Gasteiger partial charge in [0.2, 0.25) is 10.0 Å². The van der Waals surface area contributed by atoms with Crippen LogP contribution in [-0.2, 0) is 24.4 Å². The largest absolute Gasteiger partial charge is 0.480 e. The van der Waals surface area contributed by atoms with E-state index in [1.54, 1.807) is 32.2 Å².